The molecule has 0 saturated carbocycles. The highest BCUT2D eigenvalue weighted by Gasteiger charge is 2.27. The zero-order chi connectivity index (χ0) is 16.8. The molecule has 0 fully saturated rings. The molecule has 1 aliphatic heterocycles. The number of fused-ring (bicyclic) bond motifs is 1. The molecular formula is C20H24N2OS. The number of thioether (sulfide) groups is 1. The second-order valence-electron chi connectivity index (χ2n) is 5.98. The topological polar surface area (TPSA) is 32.3 Å². The molecule has 1 aliphatic rings. The molecule has 24 heavy (non-hydrogen) atoms. The van der Waals surface area contributed by atoms with Crippen LogP contribution in [0.4, 0.5) is 5.69 Å². The van der Waals surface area contributed by atoms with Crippen molar-refractivity contribution >= 4 is 23.4 Å². The van der Waals surface area contributed by atoms with Gasteiger partial charge in [0.1, 0.15) is 0 Å². The number of nitrogens with zero attached hydrogens (tertiary/aromatic N) is 1. The number of para-hydroxylation sites is 1. The van der Waals surface area contributed by atoms with Gasteiger partial charge in [0.15, 0.2) is 0 Å². The molecule has 1 amide bonds. The third-order valence-corrected chi connectivity index (χ3v) is 5.66. The van der Waals surface area contributed by atoms with Crippen LogP contribution in [0.15, 0.2) is 59.5 Å². The van der Waals surface area contributed by atoms with Gasteiger partial charge in [0.05, 0.1) is 5.25 Å². The van der Waals surface area contributed by atoms with Crippen LogP contribution < -0.4 is 10.2 Å². The summed E-state index contributed by atoms with van der Waals surface area (Å²) < 4.78 is 0. The third-order valence-electron chi connectivity index (χ3n) is 4.35. The summed E-state index contributed by atoms with van der Waals surface area (Å²) in [4.78, 5) is 15.9. The second-order valence-corrected chi connectivity index (χ2v) is 7.22. The summed E-state index contributed by atoms with van der Waals surface area (Å²) in [7, 11) is 0. The van der Waals surface area contributed by atoms with E-state index < -0.39 is 0 Å². The summed E-state index contributed by atoms with van der Waals surface area (Å²) in [5, 5.41) is 3.13. The average molecular weight is 340 g/mol. The fourth-order valence-corrected chi connectivity index (χ4v) is 4.25. The fourth-order valence-electron chi connectivity index (χ4n) is 3.03. The largest absolute Gasteiger partial charge is 0.372 e. The Morgan fingerprint density at radius 3 is 2.67 bits per heavy atom. The number of hydrogen-bond acceptors (Lipinski definition) is 3. The highest BCUT2D eigenvalue weighted by atomic mass is 32.2. The maximum atomic E-state index is 12.4. The number of carbonyl (C=O) groups excluding carboxylic acids is 1. The Morgan fingerprint density at radius 1 is 1.17 bits per heavy atom. The molecule has 0 aromatic heterocycles. The molecule has 3 nitrogen and oxygen atoms in total. The van der Waals surface area contributed by atoms with E-state index in [0.29, 0.717) is 0 Å². The number of carbonyl (C=O) groups is 1. The Morgan fingerprint density at radius 2 is 1.92 bits per heavy atom. The van der Waals surface area contributed by atoms with Crippen molar-refractivity contribution < 1.29 is 4.79 Å². The molecule has 2 aromatic rings. The van der Waals surface area contributed by atoms with Crippen molar-refractivity contribution in [3.63, 3.8) is 0 Å². The van der Waals surface area contributed by atoms with Gasteiger partial charge in [-0.1, -0.05) is 36.4 Å². The van der Waals surface area contributed by atoms with Crippen LogP contribution in [0.5, 0.6) is 0 Å². The monoisotopic (exact) mass is 340 g/mol. The number of anilines is 1. The first-order valence-electron chi connectivity index (χ1n) is 8.60. The molecule has 3 rings (SSSR count). The van der Waals surface area contributed by atoms with Crippen LogP contribution in [-0.2, 0) is 11.2 Å². The average Bonchev–Trinajstić information content (AvgIpc) is 3.06. The molecule has 1 N–H and O–H groups in total. The predicted molar refractivity (Wildman–Crippen MR) is 102 cm³/mol. The Bertz CT molecular complexity index is 649. The molecular weight excluding hydrogens is 316 g/mol. The number of hydrogen-bond donors (Lipinski definition) is 1. The Labute approximate surface area is 148 Å². The highest BCUT2D eigenvalue weighted by Crippen LogP contribution is 2.36. The van der Waals surface area contributed by atoms with Crippen molar-refractivity contribution in [1.29, 1.82) is 0 Å². The standard InChI is InChI=1S/C20H24N2OS/c1-2-22(17-10-4-3-5-11-17)14-8-13-21-20(23)19-15-16-9-6-7-12-18(16)24-19/h3-7,9-12,19H,2,8,13-15H2,1H3,(H,21,23). The molecule has 126 valence electrons. The Kier molecular flexibility index (Phi) is 5.81. The number of amides is 1. The molecule has 0 spiro atoms. The van der Waals surface area contributed by atoms with E-state index in [2.05, 4.69) is 53.5 Å². The summed E-state index contributed by atoms with van der Waals surface area (Å²) in [6.07, 6.45) is 1.80. The Hall–Kier alpha value is -1.94. The van der Waals surface area contributed by atoms with Gasteiger partial charge in [0.2, 0.25) is 5.91 Å². The van der Waals surface area contributed by atoms with Crippen molar-refractivity contribution in [3.05, 3.63) is 60.2 Å². The zero-order valence-corrected chi connectivity index (χ0v) is 14.9. The van der Waals surface area contributed by atoms with Crippen LogP contribution >= 0.6 is 11.8 Å². The van der Waals surface area contributed by atoms with Crippen LogP contribution in [-0.4, -0.2) is 30.8 Å². The molecule has 2 aromatic carbocycles. The Balaban J connectivity index is 1.41. The van der Waals surface area contributed by atoms with Gasteiger partial charge in [0.25, 0.3) is 0 Å². The molecule has 1 unspecified atom stereocenters. The normalized spacial score (nSPS) is 15.8. The third kappa shape index (κ3) is 4.12. The molecule has 4 heteroatoms. The number of benzene rings is 2. The lowest BCUT2D eigenvalue weighted by molar-refractivity contribution is -0.120. The first kappa shape index (κ1) is 16.9. The van der Waals surface area contributed by atoms with Gasteiger partial charge in [-0.3, -0.25) is 4.79 Å². The van der Waals surface area contributed by atoms with Crippen molar-refractivity contribution in [2.24, 2.45) is 0 Å². The maximum Gasteiger partial charge on any atom is 0.233 e. The first-order chi connectivity index (χ1) is 11.8. The van der Waals surface area contributed by atoms with Crippen LogP contribution in [0, 0.1) is 0 Å². The lowest BCUT2D eigenvalue weighted by Gasteiger charge is -2.23. The second kappa shape index (κ2) is 8.25. The van der Waals surface area contributed by atoms with Gasteiger partial charge >= 0.3 is 0 Å². The van der Waals surface area contributed by atoms with E-state index in [1.54, 1.807) is 11.8 Å². The van der Waals surface area contributed by atoms with Gasteiger partial charge < -0.3 is 10.2 Å². The quantitative estimate of drug-likeness (QED) is 0.780. The van der Waals surface area contributed by atoms with E-state index >= 15 is 0 Å². The van der Waals surface area contributed by atoms with Crippen molar-refractivity contribution in [2.45, 2.75) is 29.9 Å². The maximum absolute atomic E-state index is 12.4. The van der Waals surface area contributed by atoms with E-state index in [4.69, 9.17) is 0 Å². The van der Waals surface area contributed by atoms with Crippen LogP contribution in [0.25, 0.3) is 0 Å². The van der Waals surface area contributed by atoms with Crippen LogP contribution in [0.2, 0.25) is 0 Å². The van der Waals surface area contributed by atoms with Gasteiger partial charge in [0, 0.05) is 30.2 Å². The summed E-state index contributed by atoms with van der Waals surface area (Å²) >= 11 is 1.69. The molecule has 0 aliphatic carbocycles. The highest BCUT2D eigenvalue weighted by molar-refractivity contribution is 8.01. The van der Waals surface area contributed by atoms with E-state index in [9.17, 15) is 4.79 Å². The molecule has 0 bridgehead atoms. The van der Waals surface area contributed by atoms with E-state index in [1.807, 2.05) is 18.2 Å². The summed E-state index contributed by atoms with van der Waals surface area (Å²) in [6.45, 7) is 4.83. The minimum absolute atomic E-state index is 0.0267. The van der Waals surface area contributed by atoms with Gasteiger partial charge in [-0.05, 0) is 43.5 Å². The minimum Gasteiger partial charge on any atom is -0.372 e. The van der Waals surface area contributed by atoms with Crippen molar-refractivity contribution in [2.75, 3.05) is 24.5 Å². The lowest BCUT2D eigenvalue weighted by Crippen LogP contribution is -2.35. The summed E-state index contributed by atoms with van der Waals surface area (Å²) in [5.74, 6) is 0.166. The number of nitrogens with one attached hydrogen (secondary N) is 1. The molecule has 1 heterocycles. The summed E-state index contributed by atoms with van der Waals surface area (Å²) in [6, 6.07) is 18.7. The molecule has 0 saturated heterocycles. The van der Waals surface area contributed by atoms with Crippen LogP contribution in [0.1, 0.15) is 18.9 Å². The minimum atomic E-state index is 0.0267. The zero-order valence-electron chi connectivity index (χ0n) is 14.1. The fraction of sp³-hybridized carbons (Fsp3) is 0.350. The van der Waals surface area contributed by atoms with E-state index in [-0.39, 0.29) is 11.2 Å². The van der Waals surface area contributed by atoms with Crippen molar-refractivity contribution in [3.8, 4) is 0 Å². The first-order valence-corrected chi connectivity index (χ1v) is 9.48. The van der Waals surface area contributed by atoms with Crippen molar-refractivity contribution in [1.82, 2.24) is 5.32 Å². The lowest BCUT2D eigenvalue weighted by atomic mass is 10.1. The smallest absolute Gasteiger partial charge is 0.233 e. The van der Waals surface area contributed by atoms with E-state index in [0.717, 1.165) is 32.5 Å². The van der Waals surface area contributed by atoms with Gasteiger partial charge in [-0.25, -0.2) is 0 Å². The van der Waals surface area contributed by atoms with Gasteiger partial charge in [-0.15, -0.1) is 11.8 Å². The predicted octanol–water partition coefficient (Wildman–Crippen LogP) is 3.74. The van der Waals surface area contributed by atoms with Gasteiger partial charge in [-0.2, -0.15) is 0 Å². The number of rotatable bonds is 7. The van der Waals surface area contributed by atoms with Crippen LogP contribution in [0.3, 0.4) is 0 Å². The molecule has 0 radical (unpaired) electrons. The molecule has 1 atom stereocenters. The summed E-state index contributed by atoms with van der Waals surface area (Å²) in [5.41, 5.74) is 2.54. The van der Waals surface area contributed by atoms with E-state index in [1.165, 1.54) is 16.1 Å². The SMILES string of the molecule is CCN(CCCNC(=O)C1Cc2ccccc2S1)c1ccccc1.